The molecule has 0 fully saturated rings. The molecule has 0 saturated heterocycles. The van der Waals surface area contributed by atoms with Gasteiger partial charge in [-0.05, 0) is 44.9 Å². The Morgan fingerprint density at radius 2 is 1.75 bits per heavy atom. The molecule has 0 aliphatic carbocycles. The van der Waals surface area contributed by atoms with Crippen molar-refractivity contribution in [1.29, 1.82) is 0 Å². The van der Waals surface area contributed by atoms with Crippen molar-refractivity contribution in [1.82, 2.24) is 0 Å². The van der Waals surface area contributed by atoms with E-state index in [9.17, 15) is 15.0 Å². The van der Waals surface area contributed by atoms with Crippen LogP contribution in [-0.4, -0.2) is 33.5 Å². The Kier molecular flexibility index (Phi) is 15.5. The third-order valence-electron chi connectivity index (χ3n) is 3.69. The van der Waals surface area contributed by atoms with Gasteiger partial charge < -0.3 is 15.3 Å². The lowest BCUT2D eigenvalue weighted by Gasteiger charge is -2.05. The van der Waals surface area contributed by atoms with E-state index < -0.39 is 12.1 Å². The SMILES string of the molecule is CCCCC/C=C\C[C@H](O)CC/C=C/C=C\[C@@H](O)CCCC(=O)O. The lowest BCUT2D eigenvalue weighted by molar-refractivity contribution is -0.137. The number of aliphatic hydroxyl groups is 2. The molecule has 0 unspecified atom stereocenters. The molecular weight excluding hydrogens is 304 g/mol. The largest absolute Gasteiger partial charge is 0.481 e. The van der Waals surface area contributed by atoms with Gasteiger partial charge in [-0.2, -0.15) is 0 Å². The summed E-state index contributed by atoms with van der Waals surface area (Å²) in [5.41, 5.74) is 0. The van der Waals surface area contributed by atoms with Gasteiger partial charge in [-0.1, -0.05) is 56.2 Å². The quantitative estimate of drug-likeness (QED) is 0.235. The highest BCUT2D eigenvalue weighted by Gasteiger charge is 2.01. The fraction of sp³-hybridized carbons (Fsp3) is 0.650. The number of rotatable bonds is 15. The smallest absolute Gasteiger partial charge is 0.303 e. The minimum absolute atomic E-state index is 0.0890. The molecule has 138 valence electrons. The molecule has 4 nitrogen and oxygen atoms in total. The van der Waals surface area contributed by atoms with Crippen molar-refractivity contribution in [2.75, 3.05) is 0 Å². The maximum Gasteiger partial charge on any atom is 0.303 e. The third kappa shape index (κ3) is 17.0. The molecule has 0 radical (unpaired) electrons. The average molecular weight is 338 g/mol. The zero-order valence-corrected chi connectivity index (χ0v) is 14.9. The molecular formula is C20H34O4. The highest BCUT2D eigenvalue weighted by molar-refractivity contribution is 5.66. The molecule has 0 rings (SSSR count). The van der Waals surface area contributed by atoms with E-state index in [-0.39, 0.29) is 12.5 Å². The Morgan fingerprint density at radius 3 is 2.46 bits per heavy atom. The predicted octanol–water partition coefficient (Wildman–Crippen LogP) is 4.38. The summed E-state index contributed by atoms with van der Waals surface area (Å²) in [5.74, 6) is -0.833. The van der Waals surface area contributed by atoms with E-state index in [0.29, 0.717) is 19.3 Å². The summed E-state index contributed by atoms with van der Waals surface area (Å²) in [5, 5.41) is 28.0. The zero-order valence-electron chi connectivity index (χ0n) is 14.9. The van der Waals surface area contributed by atoms with Gasteiger partial charge in [-0.25, -0.2) is 0 Å². The van der Waals surface area contributed by atoms with Gasteiger partial charge in [0.05, 0.1) is 12.2 Å². The second-order valence-corrected chi connectivity index (χ2v) is 6.10. The lowest BCUT2D eigenvalue weighted by atomic mass is 10.1. The molecule has 3 N–H and O–H groups in total. The number of hydrogen-bond acceptors (Lipinski definition) is 3. The second-order valence-electron chi connectivity index (χ2n) is 6.10. The van der Waals surface area contributed by atoms with Crippen molar-refractivity contribution in [3.8, 4) is 0 Å². The lowest BCUT2D eigenvalue weighted by Crippen LogP contribution is -2.04. The van der Waals surface area contributed by atoms with Crippen LogP contribution in [-0.2, 0) is 4.79 Å². The van der Waals surface area contributed by atoms with Crippen molar-refractivity contribution in [3.05, 3.63) is 36.5 Å². The third-order valence-corrected chi connectivity index (χ3v) is 3.69. The molecule has 0 aromatic heterocycles. The Labute approximate surface area is 146 Å². The van der Waals surface area contributed by atoms with Crippen LogP contribution in [0.15, 0.2) is 36.5 Å². The average Bonchev–Trinajstić information content (AvgIpc) is 2.53. The molecule has 2 atom stereocenters. The Balaban J connectivity index is 3.65. The van der Waals surface area contributed by atoms with Crippen LogP contribution < -0.4 is 0 Å². The van der Waals surface area contributed by atoms with E-state index >= 15 is 0 Å². The van der Waals surface area contributed by atoms with Gasteiger partial charge in [0.15, 0.2) is 0 Å². The maximum absolute atomic E-state index is 10.4. The number of aliphatic hydroxyl groups excluding tert-OH is 2. The van der Waals surface area contributed by atoms with Crippen LogP contribution in [0.3, 0.4) is 0 Å². The van der Waals surface area contributed by atoms with E-state index in [2.05, 4.69) is 19.1 Å². The van der Waals surface area contributed by atoms with Crippen LogP contribution in [0.2, 0.25) is 0 Å². The van der Waals surface area contributed by atoms with Crippen molar-refractivity contribution >= 4 is 5.97 Å². The van der Waals surface area contributed by atoms with E-state index in [0.717, 1.165) is 19.3 Å². The number of aliphatic carboxylic acids is 1. The van der Waals surface area contributed by atoms with Gasteiger partial charge in [-0.15, -0.1) is 0 Å². The fourth-order valence-electron chi connectivity index (χ4n) is 2.22. The summed E-state index contributed by atoms with van der Waals surface area (Å²) in [4.78, 5) is 10.4. The molecule has 0 heterocycles. The molecule has 0 aliphatic rings. The van der Waals surface area contributed by atoms with E-state index in [4.69, 9.17) is 5.11 Å². The minimum atomic E-state index is -0.833. The summed E-state index contributed by atoms with van der Waals surface area (Å²) < 4.78 is 0. The van der Waals surface area contributed by atoms with E-state index in [1.54, 1.807) is 12.2 Å². The number of unbranched alkanes of at least 4 members (excludes halogenated alkanes) is 3. The number of allylic oxidation sites excluding steroid dienone is 4. The van der Waals surface area contributed by atoms with Crippen LogP contribution in [0.4, 0.5) is 0 Å². The van der Waals surface area contributed by atoms with E-state index in [1.807, 2.05) is 12.2 Å². The standard InChI is InChI=1S/C20H34O4/c1-2-3-4-5-6-9-13-18(21)14-10-7-8-11-15-19(22)16-12-17-20(23)24/h6-9,11,15,18-19,21-22H,2-5,10,12-14,16-17H2,1H3,(H,23,24)/b8-7+,9-6-,15-11-/t18-,19+/m0/s1. The van der Waals surface area contributed by atoms with E-state index in [1.165, 1.54) is 19.3 Å². The molecule has 0 saturated carbocycles. The second kappa shape index (κ2) is 16.5. The van der Waals surface area contributed by atoms with Crippen molar-refractivity contribution in [2.24, 2.45) is 0 Å². The van der Waals surface area contributed by atoms with Crippen molar-refractivity contribution in [3.63, 3.8) is 0 Å². The molecule has 0 aliphatic heterocycles. The zero-order chi connectivity index (χ0) is 18.0. The minimum Gasteiger partial charge on any atom is -0.481 e. The first-order valence-electron chi connectivity index (χ1n) is 9.12. The Bertz CT molecular complexity index is 385. The van der Waals surface area contributed by atoms with Gasteiger partial charge in [0, 0.05) is 6.42 Å². The number of carboxylic acid groups (broad SMARTS) is 1. The van der Waals surface area contributed by atoms with Crippen LogP contribution in [0, 0.1) is 0 Å². The topological polar surface area (TPSA) is 77.8 Å². The van der Waals surface area contributed by atoms with Crippen LogP contribution >= 0.6 is 0 Å². The molecule has 0 aromatic carbocycles. The first kappa shape index (κ1) is 22.6. The number of carbonyl (C=O) groups is 1. The van der Waals surface area contributed by atoms with Gasteiger partial charge >= 0.3 is 5.97 Å². The monoisotopic (exact) mass is 338 g/mol. The van der Waals surface area contributed by atoms with Crippen LogP contribution in [0.1, 0.15) is 71.1 Å². The highest BCUT2D eigenvalue weighted by atomic mass is 16.4. The van der Waals surface area contributed by atoms with Crippen molar-refractivity contribution in [2.45, 2.75) is 83.3 Å². The highest BCUT2D eigenvalue weighted by Crippen LogP contribution is 2.06. The van der Waals surface area contributed by atoms with Gasteiger partial charge in [0.1, 0.15) is 0 Å². The molecule has 0 spiro atoms. The molecule has 24 heavy (non-hydrogen) atoms. The number of carboxylic acids is 1. The number of hydrogen-bond donors (Lipinski definition) is 3. The summed E-state index contributed by atoms with van der Waals surface area (Å²) in [6.07, 6.45) is 18.6. The summed E-state index contributed by atoms with van der Waals surface area (Å²) >= 11 is 0. The van der Waals surface area contributed by atoms with Crippen LogP contribution in [0.5, 0.6) is 0 Å². The molecule has 0 bridgehead atoms. The summed E-state index contributed by atoms with van der Waals surface area (Å²) in [7, 11) is 0. The van der Waals surface area contributed by atoms with Gasteiger partial charge in [0.2, 0.25) is 0 Å². The molecule has 4 heteroatoms. The summed E-state index contributed by atoms with van der Waals surface area (Å²) in [6.45, 7) is 2.19. The van der Waals surface area contributed by atoms with Gasteiger partial charge in [-0.3, -0.25) is 4.79 Å². The fourth-order valence-corrected chi connectivity index (χ4v) is 2.22. The Morgan fingerprint density at radius 1 is 0.958 bits per heavy atom. The molecule has 0 aromatic rings. The van der Waals surface area contributed by atoms with Crippen LogP contribution in [0.25, 0.3) is 0 Å². The summed E-state index contributed by atoms with van der Waals surface area (Å²) in [6, 6.07) is 0. The Hall–Kier alpha value is -1.39. The molecule has 0 amide bonds. The van der Waals surface area contributed by atoms with Crippen molar-refractivity contribution < 1.29 is 20.1 Å². The predicted molar refractivity (Wildman–Crippen MR) is 98.9 cm³/mol. The first-order valence-corrected chi connectivity index (χ1v) is 9.12. The first-order chi connectivity index (χ1) is 11.6. The normalized spacial score (nSPS) is 14.8. The van der Waals surface area contributed by atoms with Gasteiger partial charge in [0.25, 0.3) is 0 Å². The maximum atomic E-state index is 10.4.